The Hall–Kier alpha value is -3.69. The number of nitrogens with zero attached hydrogens (tertiary/aromatic N) is 1. The maximum atomic E-state index is 12.4. The average Bonchev–Trinajstić information content (AvgIpc) is 2.85. The van der Waals surface area contributed by atoms with E-state index < -0.39 is 17.8 Å². The molecule has 3 rings (SSSR count). The van der Waals surface area contributed by atoms with E-state index in [4.69, 9.17) is 21.1 Å². The van der Waals surface area contributed by atoms with Gasteiger partial charge >= 0.3 is 5.97 Å². The van der Waals surface area contributed by atoms with Crippen LogP contribution in [-0.2, 0) is 4.79 Å². The molecule has 0 saturated carbocycles. The fourth-order valence-electron chi connectivity index (χ4n) is 2.78. The summed E-state index contributed by atoms with van der Waals surface area (Å²) in [5.41, 5.74) is 3.72. The number of hydrogen-bond donors (Lipinski definition) is 2. The predicted octanol–water partition coefficient (Wildman–Crippen LogP) is 4.60. The third-order valence-electron chi connectivity index (χ3n) is 4.47. The van der Waals surface area contributed by atoms with Gasteiger partial charge in [-0.15, -0.1) is 0 Å². The summed E-state index contributed by atoms with van der Waals surface area (Å²) in [5.74, 6) is -0.828. The maximum Gasteiger partial charge on any atom is 0.343 e. The van der Waals surface area contributed by atoms with E-state index in [-0.39, 0.29) is 12.3 Å². The molecule has 0 saturated heterocycles. The second-order valence-corrected chi connectivity index (χ2v) is 8.37. The first-order valence-corrected chi connectivity index (χ1v) is 11.6. The van der Waals surface area contributed by atoms with Gasteiger partial charge in [0.1, 0.15) is 0 Å². The van der Waals surface area contributed by atoms with E-state index in [2.05, 4.69) is 31.8 Å². The highest BCUT2D eigenvalue weighted by atomic mass is 79.9. The molecule has 0 atom stereocenters. The largest absolute Gasteiger partial charge is 0.490 e. The standard InChI is InChI=1S/C25H21BrClN3O5/c1-2-34-22-13-16(3-12-21(22)35-25(33)18-4-8-19(26)9-5-18)14-29-30-23(31)15-28-24(32)17-6-10-20(27)11-7-17/h3-14H,2,15H2,1H3,(H,28,32)(H,30,31). The van der Waals surface area contributed by atoms with E-state index >= 15 is 0 Å². The minimum absolute atomic E-state index is 0.255. The van der Waals surface area contributed by atoms with Crippen LogP contribution in [0.15, 0.2) is 76.3 Å². The molecule has 0 unspecified atom stereocenters. The zero-order valence-corrected chi connectivity index (χ0v) is 20.9. The van der Waals surface area contributed by atoms with Crippen molar-refractivity contribution in [3.63, 3.8) is 0 Å². The molecule has 10 heteroatoms. The van der Waals surface area contributed by atoms with E-state index in [0.29, 0.717) is 34.1 Å². The molecular formula is C25H21BrClN3O5. The van der Waals surface area contributed by atoms with Gasteiger partial charge in [0.15, 0.2) is 11.5 Å². The van der Waals surface area contributed by atoms with Crippen molar-refractivity contribution in [2.24, 2.45) is 5.10 Å². The quantitative estimate of drug-likeness (QED) is 0.173. The number of rotatable bonds is 9. The van der Waals surface area contributed by atoms with Crippen LogP contribution in [0.4, 0.5) is 0 Å². The molecular weight excluding hydrogens is 538 g/mol. The van der Waals surface area contributed by atoms with Crippen LogP contribution in [0.2, 0.25) is 5.02 Å². The third-order valence-corrected chi connectivity index (χ3v) is 5.25. The van der Waals surface area contributed by atoms with E-state index in [9.17, 15) is 14.4 Å². The average molecular weight is 559 g/mol. The first kappa shape index (κ1) is 25.9. The van der Waals surface area contributed by atoms with Gasteiger partial charge in [0.2, 0.25) is 0 Å². The molecule has 2 amide bonds. The van der Waals surface area contributed by atoms with Crippen molar-refractivity contribution in [3.05, 3.63) is 92.9 Å². The minimum atomic E-state index is -0.521. The monoisotopic (exact) mass is 557 g/mol. The van der Waals surface area contributed by atoms with Crippen molar-refractivity contribution in [2.75, 3.05) is 13.2 Å². The molecule has 8 nitrogen and oxygen atoms in total. The summed E-state index contributed by atoms with van der Waals surface area (Å²) in [6.07, 6.45) is 1.40. The highest BCUT2D eigenvalue weighted by molar-refractivity contribution is 9.10. The lowest BCUT2D eigenvalue weighted by atomic mass is 10.2. The number of ether oxygens (including phenoxy) is 2. The molecule has 0 spiro atoms. The molecule has 0 heterocycles. The molecule has 0 aliphatic rings. The molecule has 0 aromatic heterocycles. The van der Waals surface area contributed by atoms with Crippen LogP contribution in [0.5, 0.6) is 11.5 Å². The van der Waals surface area contributed by atoms with Crippen molar-refractivity contribution in [1.29, 1.82) is 0 Å². The zero-order valence-electron chi connectivity index (χ0n) is 18.6. The Morgan fingerprint density at radius 3 is 2.34 bits per heavy atom. The van der Waals surface area contributed by atoms with Crippen molar-refractivity contribution < 1.29 is 23.9 Å². The van der Waals surface area contributed by atoms with Gasteiger partial charge in [-0.3, -0.25) is 9.59 Å². The van der Waals surface area contributed by atoms with E-state index in [1.807, 2.05) is 0 Å². The van der Waals surface area contributed by atoms with Crippen LogP contribution in [0, 0.1) is 0 Å². The lowest BCUT2D eigenvalue weighted by molar-refractivity contribution is -0.120. The summed E-state index contributed by atoms with van der Waals surface area (Å²) in [5, 5.41) is 6.90. The molecule has 0 aliphatic heterocycles. The Morgan fingerprint density at radius 2 is 1.66 bits per heavy atom. The van der Waals surface area contributed by atoms with Crippen LogP contribution in [0.3, 0.4) is 0 Å². The van der Waals surface area contributed by atoms with E-state index in [1.165, 1.54) is 6.21 Å². The molecule has 3 aromatic rings. The van der Waals surface area contributed by atoms with Gasteiger partial charge in [-0.25, -0.2) is 10.2 Å². The number of carbonyl (C=O) groups is 3. The number of esters is 1. The topological polar surface area (TPSA) is 106 Å². The first-order chi connectivity index (χ1) is 16.9. The molecule has 0 aliphatic carbocycles. The van der Waals surface area contributed by atoms with Crippen molar-refractivity contribution >= 4 is 51.5 Å². The van der Waals surface area contributed by atoms with Gasteiger partial charge in [-0.05, 0) is 79.2 Å². The highest BCUT2D eigenvalue weighted by Crippen LogP contribution is 2.29. The fourth-order valence-corrected chi connectivity index (χ4v) is 3.17. The van der Waals surface area contributed by atoms with Gasteiger partial charge in [-0.2, -0.15) is 5.10 Å². The van der Waals surface area contributed by atoms with Crippen LogP contribution < -0.4 is 20.2 Å². The Kier molecular flexibility index (Phi) is 9.39. The Bertz CT molecular complexity index is 1230. The first-order valence-electron chi connectivity index (χ1n) is 10.5. The number of amides is 2. The summed E-state index contributed by atoms with van der Waals surface area (Å²) in [4.78, 5) is 36.4. The molecule has 35 heavy (non-hydrogen) atoms. The minimum Gasteiger partial charge on any atom is -0.490 e. The smallest absolute Gasteiger partial charge is 0.343 e. The molecule has 3 aromatic carbocycles. The molecule has 180 valence electrons. The zero-order chi connectivity index (χ0) is 25.2. The van der Waals surface area contributed by atoms with Gasteiger partial charge in [0.05, 0.1) is 24.9 Å². The lowest BCUT2D eigenvalue weighted by Crippen LogP contribution is -2.34. The normalized spacial score (nSPS) is 10.6. The van der Waals surface area contributed by atoms with Crippen LogP contribution >= 0.6 is 27.5 Å². The van der Waals surface area contributed by atoms with Crippen LogP contribution in [0.25, 0.3) is 0 Å². The second kappa shape index (κ2) is 12.7. The summed E-state index contributed by atoms with van der Waals surface area (Å²) < 4.78 is 11.9. The summed E-state index contributed by atoms with van der Waals surface area (Å²) >= 11 is 9.12. The number of carbonyl (C=O) groups excluding carboxylic acids is 3. The van der Waals surface area contributed by atoms with Crippen LogP contribution in [-0.4, -0.2) is 37.1 Å². The number of hydrogen-bond acceptors (Lipinski definition) is 6. The fraction of sp³-hybridized carbons (Fsp3) is 0.120. The highest BCUT2D eigenvalue weighted by Gasteiger charge is 2.13. The molecule has 0 fully saturated rings. The van der Waals surface area contributed by atoms with E-state index in [0.717, 1.165) is 4.47 Å². The Morgan fingerprint density at radius 1 is 0.971 bits per heavy atom. The summed E-state index contributed by atoms with van der Waals surface area (Å²) in [7, 11) is 0. The van der Waals surface area contributed by atoms with Gasteiger partial charge < -0.3 is 14.8 Å². The number of hydrazone groups is 1. The van der Waals surface area contributed by atoms with Crippen molar-refractivity contribution in [2.45, 2.75) is 6.92 Å². The summed E-state index contributed by atoms with van der Waals surface area (Å²) in [6.45, 7) is 1.90. The van der Waals surface area contributed by atoms with Gasteiger partial charge in [0, 0.05) is 15.1 Å². The second-order valence-electron chi connectivity index (χ2n) is 7.02. The number of nitrogens with one attached hydrogen (secondary N) is 2. The Labute approximate surface area is 215 Å². The number of halogens is 2. The Balaban J connectivity index is 1.56. The van der Waals surface area contributed by atoms with Crippen molar-refractivity contribution in [3.8, 4) is 11.5 Å². The van der Waals surface area contributed by atoms with E-state index in [1.54, 1.807) is 73.7 Å². The third kappa shape index (κ3) is 7.94. The predicted molar refractivity (Wildman–Crippen MR) is 136 cm³/mol. The molecule has 0 bridgehead atoms. The van der Waals surface area contributed by atoms with Gasteiger partial charge in [0.25, 0.3) is 11.8 Å². The SMILES string of the molecule is CCOc1cc(C=NNC(=O)CNC(=O)c2ccc(Cl)cc2)ccc1OC(=O)c1ccc(Br)cc1. The van der Waals surface area contributed by atoms with Crippen molar-refractivity contribution in [1.82, 2.24) is 10.7 Å². The van der Waals surface area contributed by atoms with Crippen LogP contribution in [0.1, 0.15) is 33.2 Å². The maximum absolute atomic E-state index is 12.4. The summed E-state index contributed by atoms with van der Waals surface area (Å²) in [6, 6.07) is 18.0. The molecule has 0 radical (unpaired) electrons. The number of benzene rings is 3. The lowest BCUT2D eigenvalue weighted by Gasteiger charge is -2.11. The van der Waals surface area contributed by atoms with Gasteiger partial charge in [-0.1, -0.05) is 27.5 Å². The molecule has 2 N–H and O–H groups in total.